The van der Waals surface area contributed by atoms with Gasteiger partial charge in [0.05, 0.1) is 13.1 Å². The van der Waals surface area contributed by atoms with Crippen LogP contribution in [-0.4, -0.2) is 40.3 Å². The van der Waals surface area contributed by atoms with Crippen LogP contribution >= 0.6 is 0 Å². The Morgan fingerprint density at radius 3 is 2.68 bits per heavy atom. The number of nitrogens with zero attached hydrogens (tertiary/aromatic N) is 4. The van der Waals surface area contributed by atoms with Crippen molar-refractivity contribution in [3.05, 3.63) is 53.9 Å². The van der Waals surface area contributed by atoms with Crippen molar-refractivity contribution in [2.75, 3.05) is 19.6 Å². The highest BCUT2D eigenvalue weighted by molar-refractivity contribution is 5.80. The zero-order valence-corrected chi connectivity index (χ0v) is 15.6. The molecule has 0 radical (unpaired) electrons. The van der Waals surface area contributed by atoms with Gasteiger partial charge in [0.2, 0.25) is 0 Å². The second-order valence-electron chi connectivity index (χ2n) is 7.48. The molecular weight excluding hydrogens is 310 g/mol. The first-order chi connectivity index (χ1) is 12.1. The largest absolute Gasteiger partial charge is 0.357 e. The molecule has 134 valence electrons. The molecule has 1 aromatic carbocycles. The summed E-state index contributed by atoms with van der Waals surface area (Å²) in [7, 11) is 0. The van der Waals surface area contributed by atoms with Gasteiger partial charge in [-0.3, -0.25) is 4.68 Å². The molecule has 1 aliphatic rings. The lowest BCUT2D eigenvalue weighted by atomic mass is 9.93. The maximum Gasteiger partial charge on any atom is 0.194 e. The number of benzene rings is 1. The molecule has 5 nitrogen and oxygen atoms in total. The van der Waals surface area contributed by atoms with Crippen LogP contribution < -0.4 is 5.32 Å². The highest BCUT2D eigenvalue weighted by Crippen LogP contribution is 2.28. The maximum atomic E-state index is 4.92. The SMILES string of the molecule is CCNC(=NCc1ccccc1Cn1cccn1)N1CCC(C)(C)C1. The van der Waals surface area contributed by atoms with Crippen LogP contribution in [0.4, 0.5) is 0 Å². The van der Waals surface area contributed by atoms with Gasteiger partial charge in [0.1, 0.15) is 0 Å². The van der Waals surface area contributed by atoms with Gasteiger partial charge in [0.15, 0.2) is 5.96 Å². The predicted octanol–water partition coefficient (Wildman–Crippen LogP) is 3.13. The zero-order chi connectivity index (χ0) is 17.7. The summed E-state index contributed by atoms with van der Waals surface area (Å²) in [4.78, 5) is 7.31. The quantitative estimate of drug-likeness (QED) is 0.672. The van der Waals surface area contributed by atoms with Crippen molar-refractivity contribution in [2.24, 2.45) is 10.4 Å². The van der Waals surface area contributed by atoms with Crippen molar-refractivity contribution in [1.82, 2.24) is 20.0 Å². The molecule has 1 aromatic heterocycles. The lowest BCUT2D eigenvalue weighted by molar-refractivity contribution is 0.370. The minimum atomic E-state index is 0.369. The Bertz CT molecular complexity index is 703. The third-order valence-corrected chi connectivity index (χ3v) is 4.72. The Kier molecular flexibility index (Phi) is 5.41. The Morgan fingerprint density at radius 2 is 2.04 bits per heavy atom. The fraction of sp³-hybridized carbons (Fsp3) is 0.500. The van der Waals surface area contributed by atoms with E-state index in [1.165, 1.54) is 17.5 Å². The molecule has 0 unspecified atom stereocenters. The van der Waals surface area contributed by atoms with Gasteiger partial charge >= 0.3 is 0 Å². The Morgan fingerprint density at radius 1 is 1.24 bits per heavy atom. The van der Waals surface area contributed by atoms with Gasteiger partial charge in [0.25, 0.3) is 0 Å². The van der Waals surface area contributed by atoms with E-state index >= 15 is 0 Å². The van der Waals surface area contributed by atoms with Gasteiger partial charge in [-0.2, -0.15) is 5.10 Å². The van der Waals surface area contributed by atoms with Crippen LogP contribution in [0.3, 0.4) is 0 Å². The summed E-state index contributed by atoms with van der Waals surface area (Å²) in [6.45, 7) is 11.3. The fourth-order valence-electron chi connectivity index (χ4n) is 3.31. The Labute approximate surface area is 150 Å². The predicted molar refractivity (Wildman–Crippen MR) is 103 cm³/mol. The van der Waals surface area contributed by atoms with E-state index in [1.54, 1.807) is 0 Å². The van der Waals surface area contributed by atoms with E-state index in [2.05, 4.69) is 60.4 Å². The van der Waals surface area contributed by atoms with Crippen LogP contribution in [0.2, 0.25) is 0 Å². The number of hydrogen-bond acceptors (Lipinski definition) is 2. The van der Waals surface area contributed by atoms with E-state index in [-0.39, 0.29) is 0 Å². The van der Waals surface area contributed by atoms with Crippen LogP contribution in [0.25, 0.3) is 0 Å². The van der Waals surface area contributed by atoms with Gasteiger partial charge in [-0.15, -0.1) is 0 Å². The first-order valence-electron chi connectivity index (χ1n) is 9.15. The molecule has 1 N–H and O–H groups in total. The molecule has 0 saturated carbocycles. The molecule has 0 spiro atoms. The van der Waals surface area contributed by atoms with E-state index in [4.69, 9.17) is 4.99 Å². The monoisotopic (exact) mass is 339 g/mol. The first kappa shape index (κ1) is 17.5. The van der Waals surface area contributed by atoms with E-state index in [0.717, 1.165) is 32.1 Å². The lowest BCUT2D eigenvalue weighted by Crippen LogP contribution is -2.40. The van der Waals surface area contributed by atoms with Gasteiger partial charge in [0, 0.05) is 32.0 Å². The maximum absolute atomic E-state index is 4.92. The first-order valence-corrected chi connectivity index (χ1v) is 9.15. The lowest BCUT2D eigenvalue weighted by Gasteiger charge is -2.23. The second kappa shape index (κ2) is 7.72. The standard InChI is InChI=1S/C20H29N5/c1-4-21-19(24-13-10-20(2,3)16-24)22-14-17-8-5-6-9-18(17)15-25-12-7-11-23-25/h5-9,11-12H,4,10,13-16H2,1-3H3,(H,21,22). The molecule has 2 aromatic rings. The average Bonchev–Trinajstić information content (AvgIpc) is 3.22. The molecule has 2 heterocycles. The Hall–Kier alpha value is -2.30. The summed E-state index contributed by atoms with van der Waals surface area (Å²) in [5, 5.41) is 7.77. The van der Waals surface area contributed by atoms with Gasteiger partial charge < -0.3 is 10.2 Å². The number of aromatic nitrogens is 2. The molecule has 3 rings (SSSR count). The third-order valence-electron chi connectivity index (χ3n) is 4.72. The fourth-order valence-corrected chi connectivity index (χ4v) is 3.31. The summed E-state index contributed by atoms with van der Waals surface area (Å²) in [6.07, 6.45) is 5.03. The van der Waals surface area contributed by atoms with Crippen molar-refractivity contribution in [3.8, 4) is 0 Å². The number of hydrogen-bond donors (Lipinski definition) is 1. The van der Waals surface area contributed by atoms with Crippen molar-refractivity contribution < 1.29 is 0 Å². The number of guanidine groups is 1. The number of rotatable bonds is 5. The average molecular weight is 339 g/mol. The molecule has 25 heavy (non-hydrogen) atoms. The van der Waals surface area contributed by atoms with Crippen molar-refractivity contribution in [1.29, 1.82) is 0 Å². The van der Waals surface area contributed by atoms with E-state index < -0.39 is 0 Å². The minimum Gasteiger partial charge on any atom is -0.357 e. The molecule has 1 aliphatic heterocycles. The molecular formula is C20H29N5. The van der Waals surface area contributed by atoms with Gasteiger partial charge in [-0.1, -0.05) is 38.1 Å². The molecule has 0 atom stereocenters. The zero-order valence-electron chi connectivity index (χ0n) is 15.6. The Balaban J connectivity index is 1.75. The summed E-state index contributed by atoms with van der Waals surface area (Å²) < 4.78 is 1.96. The highest BCUT2D eigenvalue weighted by Gasteiger charge is 2.30. The van der Waals surface area contributed by atoms with Crippen LogP contribution in [0.5, 0.6) is 0 Å². The number of aliphatic imine (C=N–C) groups is 1. The van der Waals surface area contributed by atoms with Crippen LogP contribution in [0.15, 0.2) is 47.7 Å². The summed E-state index contributed by atoms with van der Waals surface area (Å²) >= 11 is 0. The van der Waals surface area contributed by atoms with Crippen molar-refractivity contribution in [2.45, 2.75) is 40.3 Å². The molecule has 1 saturated heterocycles. The number of nitrogens with one attached hydrogen (secondary N) is 1. The smallest absolute Gasteiger partial charge is 0.194 e. The highest BCUT2D eigenvalue weighted by atomic mass is 15.3. The molecule has 0 bridgehead atoms. The summed E-state index contributed by atoms with van der Waals surface area (Å²) in [5.41, 5.74) is 2.90. The van der Waals surface area contributed by atoms with Crippen molar-refractivity contribution >= 4 is 5.96 Å². The third kappa shape index (κ3) is 4.62. The van der Waals surface area contributed by atoms with Crippen LogP contribution in [0.1, 0.15) is 38.3 Å². The molecule has 0 aliphatic carbocycles. The van der Waals surface area contributed by atoms with E-state index in [0.29, 0.717) is 12.0 Å². The van der Waals surface area contributed by atoms with Gasteiger partial charge in [-0.05, 0) is 36.0 Å². The van der Waals surface area contributed by atoms with Gasteiger partial charge in [-0.25, -0.2) is 4.99 Å². The van der Waals surface area contributed by atoms with Crippen molar-refractivity contribution in [3.63, 3.8) is 0 Å². The summed E-state index contributed by atoms with van der Waals surface area (Å²) in [6, 6.07) is 10.5. The van der Waals surface area contributed by atoms with E-state index in [9.17, 15) is 0 Å². The van der Waals surface area contributed by atoms with E-state index in [1.807, 2.05) is 23.1 Å². The molecule has 1 fully saturated rings. The molecule has 0 amide bonds. The number of likely N-dealkylation sites (tertiary alicyclic amines) is 1. The topological polar surface area (TPSA) is 45.5 Å². The normalized spacial score (nSPS) is 17.1. The molecule has 5 heteroatoms. The second-order valence-corrected chi connectivity index (χ2v) is 7.48. The summed E-state index contributed by atoms with van der Waals surface area (Å²) in [5.74, 6) is 1.03. The van der Waals surface area contributed by atoms with Crippen LogP contribution in [0, 0.1) is 5.41 Å². The minimum absolute atomic E-state index is 0.369. The van der Waals surface area contributed by atoms with Crippen LogP contribution in [-0.2, 0) is 13.1 Å².